The number of thiazole rings is 1. The van der Waals surface area contributed by atoms with Crippen molar-refractivity contribution in [2.75, 3.05) is 18.4 Å². The number of benzene rings is 2. The molecular weight excluding hydrogens is 440 g/mol. The van der Waals surface area contributed by atoms with Gasteiger partial charge < -0.3 is 0 Å². The first-order valence-corrected chi connectivity index (χ1v) is 11.8. The maximum Gasteiger partial charge on any atom is 0.269 e. The molecule has 0 unspecified atom stereocenters. The minimum Gasteiger partial charge on any atom is -0.298 e. The first kappa shape index (κ1) is 21.1. The van der Waals surface area contributed by atoms with Crippen LogP contribution < -0.4 is 5.32 Å². The largest absolute Gasteiger partial charge is 0.298 e. The summed E-state index contributed by atoms with van der Waals surface area (Å²) >= 11 is 1.23. The van der Waals surface area contributed by atoms with E-state index in [9.17, 15) is 23.3 Å². The summed E-state index contributed by atoms with van der Waals surface area (Å²) < 4.78 is 26.8. The quantitative estimate of drug-likeness (QED) is 0.443. The zero-order valence-corrected chi connectivity index (χ0v) is 17.9. The number of nitrogens with zero attached hydrogens (tertiary/aromatic N) is 3. The Morgan fingerprint density at radius 3 is 2.32 bits per heavy atom. The number of non-ortho nitro benzene ring substituents is 1. The number of hydrogen-bond acceptors (Lipinski definition) is 7. The van der Waals surface area contributed by atoms with E-state index >= 15 is 0 Å². The average Bonchev–Trinajstić information content (AvgIpc) is 3.47. The van der Waals surface area contributed by atoms with Crippen molar-refractivity contribution in [2.45, 2.75) is 17.7 Å². The Balaban J connectivity index is 1.46. The van der Waals surface area contributed by atoms with Crippen LogP contribution in [0.15, 0.2) is 58.8 Å². The summed E-state index contributed by atoms with van der Waals surface area (Å²) in [6, 6.07) is 11.8. The Morgan fingerprint density at radius 1 is 1.06 bits per heavy atom. The predicted molar refractivity (Wildman–Crippen MR) is 117 cm³/mol. The van der Waals surface area contributed by atoms with Crippen LogP contribution in [0.25, 0.3) is 11.3 Å². The molecular formula is C20H18N4O5S2. The maximum atomic E-state index is 12.6. The normalized spacial score (nSPS) is 14.5. The summed E-state index contributed by atoms with van der Waals surface area (Å²) in [6.45, 7) is 1.10. The number of carbonyl (C=O) groups excluding carboxylic acids is 1. The van der Waals surface area contributed by atoms with E-state index in [0.717, 1.165) is 18.4 Å². The van der Waals surface area contributed by atoms with Gasteiger partial charge in [0.2, 0.25) is 10.0 Å². The van der Waals surface area contributed by atoms with Crippen LogP contribution in [-0.2, 0) is 10.0 Å². The monoisotopic (exact) mass is 458 g/mol. The number of amides is 1. The molecule has 0 saturated carbocycles. The Bertz CT molecular complexity index is 1220. The molecule has 1 fully saturated rings. The van der Waals surface area contributed by atoms with Gasteiger partial charge in [-0.1, -0.05) is 12.1 Å². The van der Waals surface area contributed by atoms with E-state index in [1.807, 2.05) is 0 Å². The molecule has 1 saturated heterocycles. The summed E-state index contributed by atoms with van der Waals surface area (Å²) in [5.41, 5.74) is 1.52. The number of carbonyl (C=O) groups is 1. The second-order valence-electron chi connectivity index (χ2n) is 6.93. The van der Waals surface area contributed by atoms with Gasteiger partial charge in [-0.15, -0.1) is 11.3 Å². The topological polar surface area (TPSA) is 123 Å². The van der Waals surface area contributed by atoms with Crippen molar-refractivity contribution >= 4 is 38.1 Å². The number of nitro benzene ring substituents is 1. The van der Waals surface area contributed by atoms with E-state index in [2.05, 4.69) is 10.3 Å². The third-order valence-electron chi connectivity index (χ3n) is 4.92. The van der Waals surface area contributed by atoms with Crippen LogP contribution >= 0.6 is 11.3 Å². The van der Waals surface area contributed by atoms with Crippen molar-refractivity contribution in [1.29, 1.82) is 0 Å². The third kappa shape index (κ3) is 4.48. The van der Waals surface area contributed by atoms with Gasteiger partial charge in [0.05, 0.1) is 15.5 Å². The number of hydrogen-bond donors (Lipinski definition) is 1. The zero-order chi connectivity index (χ0) is 22.0. The Labute approximate surface area is 182 Å². The Hall–Kier alpha value is -3.15. The fourth-order valence-electron chi connectivity index (χ4n) is 3.24. The van der Waals surface area contributed by atoms with Crippen LogP contribution in [0.4, 0.5) is 10.8 Å². The van der Waals surface area contributed by atoms with Crippen LogP contribution in [0.2, 0.25) is 0 Å². The molecule has 1 aliphatic heterocycles. The number of sulfonamides is 1. The Morgan fingerprint density at radius 2 is 1.71 bits per heavy atom. The molecule has 9 nitrogen and oxygen atoms in total. The fourth-order valence-corrected chi connectivity index (χ4v) is 5.47. The van der Waals surface area contributed by atoms with E-state index < -0.39 is 20.9 Å². The second kappa shape index (κ2) is 8.53. The van der Waals surface area contributed by atoms with Crippen molar-refractivity contribution < 1.29 is 18.1 Å². The molecule has 1 amide bonds. The van der Waals surface area contributed by atoms with Crippen molar-refractivity contribution in [1.82, 2.24) is 9.29 Å². The summed E-state index contributed by atoms with van der Waals surface area (Å²) in [7, 11) is -3.47. The maximum absolute atomic E-state index is 12.6. The molecule has 160 valence electrons. The van der Waals surface area contributed by atoms with Gasteiger partial charge >= 0.3 is 0 Å². The van der Waals surface area contributed by atoms with Crippen LogP contribution in [0.3, 0.4) is 0 Å². The lowest BCUT2D eigenvalue weighted by atomic mass is 10.2. The molecule has 1 N–H and O–H groups in total. The Kier molecular flexibility index (Phi) is 5.81. The lowest BCUT2D eigenvalue weighted by Crippen LogP contribution is -2.27. The highest BCUT2D eigenvalue weighted by Gasteiger charge is 2.27. The van der Waals surface area contributed by atoms with E-state index in [1.54, 1.807) is 29.6 Å². The highest BCUT2D eigenvalue weighted by molar-refractivity contribution is 7.89. The fraction of sp³-hybridized carbons (Fsp3) is 0.200. The van der Waals surface area contributed by atoms with Crippen LogP contribution in [0.5, 0.6) is 0 Å². The molecule has 0 aliphatic carbocycles. The number of nitrogens with one attached hydrogen (secondary N) is 1. The van der Waals surface area contributed by atoms with Crippen molar-refractivity contribution in [3.63, 3.8) is 0 Å². The first-order chi connectivity index (χ1) is 14.8. The molecule has 4 rings (SSSR count). The average molecular weight is 459 g/mol. The van der Waals surface area contributed by atoms with Gasteiger partial charge in [-0.05, 0) is 37.1 Å². The molecule has 2 heterocycles. The summed E-state index contributed by atoms with van der Waals surface area (Å²) in [6.07, 6.45) is 1.76. The molecule has 11 heteroatoms. The van der Waals surface area contributed by atoms with Crippen molar-refractivity contribution in [3.05, 3.63) is 69.6 Å². The van der Waals surface area contributed by atoms with Gasteiger partial charge in [-0.25, -0.2) is 13.4 Å². The van der Waals surface area contributed by atoms with E-state index in [4.69, 9.17) is 0 Å². The van der Waals surface area contributed by atoms with Crippen molar-refractivity contribution in [2.24, 2.45) is 0 Å². The van der Waals surface area contributed by atoms with Crippen LogP contribution in [0.1, 0.15) is 23.2 Å². The second-order valence-corrected chi connectivity index (χ2v) is 9.73. The van der Waals surface area contributed by atoms with Gasteiger partial charge in [0.1, 0.15) is 0 Å². The minimum atomic E-state index is -3.47. The molecule has 0 bridgehead atoms. The van der Waals surface area contributed by atoms with Gasteiger partial charge in [-0.3, -0.25) is 20.2 Å². The smallest absolute Gasteiger partial charge is 0.269 e. The van der Waals surface area contributed by atoms with Gasteiger partial charge in [0.25, 0.3) is 11.6 Å². The first-order valence-electron chi connectivity index (χ1n) is 9.46. The SMILES string of the molecule is O=C(Nc1nc(-c2ccc(S(=O)(=O)N3CCCC3)cc2)cs1)c1ccc([N+](=O)[O-])cc1. The van der Waals surface area contributed by atoms with E-state index in [0.29, 0.717) is 23.9 Å². The molecule has 2 aromatic carbocycles. The minimum absolute atomic E-state index is 0.0942. The van der Waals surface area contributed by atoms with Crippen molar-refractivity contribution in [3.8, 4) is 11.3 Å². The van der Waals surface area contributed by atoms with Gasteiger partial charge in [-0.2, -0.15) is 4.31 Å². The summed E-state index contributed by atoms with van der Waals surface area (Å²) in [5.74, 6) is -0.428. The molecule has 3 aromatic rings. The molecule has 0 spiro atoms. The highest BCUT2D eigenvalue weighted by Crippen LogP contribution is 2.28. The van der Waals surface area contributed by atoms with Gasteiger partial charge in [0, 0.05) is 41.7 Å². The molecule has 0 atom stereocenters. The molecule has 1 aromatic heterocycles. The number of anilines is 1. The van der Waals surface area contributed by atoms with Gasteiger partial charge in [0.15, 0.2) is 5.13 Å². The van der Waals surface area contributed by atoms with Crippen LogP contribution in [0, 0.1) is 10.1 Å². The molecule has 0 radical (unpaired) electrons. The standard InChI is InChI=1S/C20H18N4O5S2/c25-19(15-3-7-16(8-4-15)24(26)27)22-20-21-18(13-30-20)14-5-9-17(10-6-14)31(28,29)23-11-1-2-12-23/h3-10,13H,1-2,11-12H2,(H,21,22,25). The number of nitro groups is 1. The number of rotatable bonds is 6. The summed E-state index contributed by atoms with van der Waals surface area (Å²) in [5, 5.41) is 15.5. The highest BCUT2D eigenvalue weighted by atomic mass is 32.2. The number of aromatic nitrogens is 1. The third-order valence-corrected chi connectivity index (χ3v) is 7.59. The lowest BCUT2D eigenvalue weighted by molar-refractivity contribution is -0.384. The lowest BCUT2D eigenvalue weighted by Gasteiger charge is -2.15. The van der Waals surface area contributed by atoms with E-state index in [1.165, 1.54) is 39.9 Å². The summed E-state index contributed by atoms with van der Waals surface area (Å²) in [4.78, 5) is 27.1. The van der Waals surface area contributed by atoms with E-state index in [-0.39, 0.29) is 16.1 Å². The molecule has 1 aliphatic rings. The van der Waals surface area contributed by atoms with Crippen LogP contribution in [-0.4, -0.2) is 41.6 Å². The molecule has 31 heavy (non-hydrogen) atoms. The zero-order valence-electron chi connectivity index (χ0n) is 16.2. The predicted octanol–water partition coefficient (Wildman–Crippen LogP) is 3.76.